The largest absolute Gasteiger partial charge is 0.394 e. The smallest absolute Gasteiger partial charge is 0.250 e. The van der Waals surface area contributed by atoms with Crippen LogP contribution in [0.4, 0.5) is 5.69 Å². The van der Waals surface area contributed by atoms with Gasteiger partial charge in [0, 0.05) is 17.3 Å². The number of hydrogen-bond donors (Lipinski definition) is 5. The van der Waals surface area contributed by atoms with Crippen LogP contribution in [0.1, 0.15) is 10.4 Å². The molecule has 0 aliphatic carbocycles. The third-order valence-corrected chi connectivity index (χ3v) is 2.73. The molecule has 1 amide bonds. The Kier molecular flexibility index (Phi) is 6.66. The molecule has 1 aromatic rings. The van der Waals surface area contributed by atoms with Gasteiger partial charge in [0.25, 0.3) is 5.91 Å². The molecule has 0 saturated carbocycles. The Bertz CT molecular complexity index is 543. The van der Waals surface area contributed by atoms with E-state index in [1.807, 2.05) is 0 Å². The number of amides is 1. The minimum atomic E-state index is -1.38. The fourth-order valence-corrected chi connectivity index (χ4v) is 1.59. The Balaban J connectivity index is 0.000000224. The number of carbonyl (C=O) groups excluding carboxylic acids is 1. The van der Waals surface area contributed by atoms with Gasteiger partial charge in [0.2, 0.25) is 0 Å². The first-order chi connectivity index (χ1) is 10.4. The van der Waals surface area contributed by atoms with Crippen molar-refractivity contribution < 1.29 is 30.0 Å². The maximum Gasteiger partial charge on any atom is 0.250 e. The lowest BCUT2D eigenvalue weighted by Crippen LogP contribution is -2.33. The van der Waals surface area contributed by atoms with Crippen LogP contribution in [-0.4, -0.2) is 62.5 Å². The molecule has 11 heteroatoms. The van der Waals surface area contributed by atoms with Crippen molar-refractivity contribution in [3.8, 4) is 0 Å². The highest BCUT2D eigenvalue weighted by atomic mass is 16.6. The van der Waals surface area contributed by atoms with Crippen LogP contribution in [0.15, 0.2) is 23.6 Å². The van der Waals surface area contributed by atoms with Crippen LogP contribution in [0, 0.1) is 0 Å². The molecule has 1 saturated heterocycles. The van der Waals surface area contributed by atoms with Gasteiger partial charge in [-0.2, -0.15) is 0 Å². The number of aliphatic hydroxyl groups excluding tert-OH is 4. The molecular weight excluding hydrogens is 298 g/mol. The number of nitrogens with zero attached hydrogens (tertiary/aromatic N) is 4. The average molecular weight is 313 g/mol. The second-order valence-electron chi connectivity index (χ2n) is 4.18. The molecule has 1 aliphatic heterocycles. The van der Waals surface area contributed by atoms with Crippen molar-refractivity contribution in [1.29, 1.82) is 0 Å². The summed E-state index contributed by atoms with van der Waals surface area (Å²) >= 11 is 0. The van der Waals surface area contributed by atoms with Crippen LogP contribution in [0.3, 0.4) is 0 Å². The molecule has 0 spiro atoms. The molecule has 11 nitrogen and oxygen atoms in total. The minimum Gasteiger partial charge on any atom is -0.394 e. The zero-order chi connectivity index (χ0) is 16.7. The van der Waals surface area contributed by atoms with E-state index < -0.39 is 37.1 Å². The number of rotatable bonds is 3. The molecule has 0 aromatic carbocycles. The third kappa shape index (κ3) is 4.36. The molecule has 2 heterocycles. The van der Waals surface area contributed by atoms with Crippen molar-refractivity contribution in [1.82, 2.24) is 4.98 Å². The van der Waals surface area contributed by atoms with Gasteiger partial charge in [-0.3, -0.25) is 9.78 Å². The van der Waals surface area contributed by atoms with Gasteiger partial charge >= 0.3 is 0 Å². The first-order valence-electron chi connectivity index (χ1n) is 6.01. The number of azide groups is 1. The summed E-state index contributed by atoms with van der Waals surface area (Å²) in [6.07, 6.45) is -2.09. The van der Waals surface area contributed by atoms with E-state index in [1.54, 1.807) is 0 Å². The standard InChI is InChI=1S/C6H5N5O.C5H10O5/c7-6(12)4-3-9-2-1-5(4)10-11-8;6-1-2-3(7)4(8)5(9)10-2/h1-3H,(H2,7,12);2-9H,1H2/t;2-,3-,4-,5?/m.1/s1. The number of carbonyl (C=O) groups is 1. The fourth-order valence-electron chi connectivity index (χ4n) is 1.59. The third-order valence-electron chi connectivity index (χ3n) is 2.73. The quantitative estimate of drug-likeness (QED) is 0.255. The molecular formula is C11H15N5O6. The summed E-state index contributed by atoms with van der Waals surface area (Å²) in [6.45, 7) is -0.407. The van der Waals surface area contributed by atoms with Gasteiger partial charge in [0.05, 0.1) is 17.9 Å². The first-order valence-corrected chi connectivity index (χ1v) is 6.01. The van der Waals surface area contributed by atoms with E-state index >= 15 is 0 Å². The molecule has 6 N–H and O–H groups in total. The van der Waals surface area contributed by atoms with Crippen LogP contribution in [0.25, 0.3) is 10.4 Å². The van der Waals surface area contributed by atoms with E-state index in [-0.39, 0.29) is 11.3 Å². The lowest BCUT2D eigenvalue weighted by molar-refractivity contribution is -0.132. The van der Waals surface area contributed by atoms with Crippen LogP contribution in [0.5, 0.6) is 0 Å². The Morgan fingerprint density at radius 3 is 2.55 bits per heavy atom. The number of ether oxygens (including phenoxy) is 1. The number of hydrogen-bond acceptors (Lipinski definition) is 8. The summed E-state index contributed by atoms with van der Waals surface area (Å²) in [5.41, 5.74) is 13.4. The van der Waals surface area contributed by atoms with Gasteiger partial charge in [0.15, 0.2) is 6.29 Å². The van der Waals surface area contributed by atoms with E-state index in [9.17, 15) is 4.79 Å². The van der Waals surface area contributed by atoms with E-state index in [1.165, 1.54) is 18.5 Å². The SMILES string of the molecule is OC[C@H]1OC(O)[C@H](O)[C@@H]1O.[N-]=[N+]=Nc1ccncc1C(N)=O. The van der Waals surface area contributed by atoms with Gasteiger partial charge < -0.3 is 30.9 Å². The van der Waals surface area contributed by atoms with E-state index in [4.69, 9.17) is 31.7 Å². The van der Waals surface area contributed by atoms with Crippen molar-refractivity contribution in [3.05, 3.63) is 34.5 Å². The van der Waals surface area contributed by atoms with E-state index in [0.29, 0.717) is 0 Å². The maximum absolute atomic E-state index is 10.7. The lowest BCUT2D eigenvalue weighted by atomic mass is 10.1. The molecule has 0 bridgehead atoms. The monoisotopic (exact) mass is 313 g/mol. The topological polar surface area (TPSA) is 195 Å². The summed E-state index contributed by atoms with van der Waals surface area (Å²) in [5, 5.41) is 38.2. The van der Waals surface area contributed by atoms with E-state index in [0.717, 1.165) is 0 Å². The molecule has 22 heavy (non-hydrogen) atoms. The normalized spacial score (nSPS) is 26.5. The molecule has 1 fully saturated rings. The van der Waals surface area contributed by atoms with Gasteiger partial charge in [-0.1, -0.05) is 5.11 Å². The Morgan fingerprint density at radius 1 is 1.45 bits per heavy atom. The summed E-state index contributed by atoms with van der Waals surface area (Å²) in [7, 11) is 0. The van der Waals surface area contributed by atoms with E-state index in [2.05, 4.69) is 19.7 Å². The summed E-state index contributed by atoms with van der Waals surface area (Å²) in [5.74, 6) is -0.662. The highest BCUT2D eigenvalue weighted by molar-refractivity contribution is 5.97. The second kappa shape index (κ2) is 8.24. The average Bonchev–Trinajstić information content (AvgIpc) is 2.75. The Morgan fingerprint density at radius 2 is 2.14 bits per heavy atom. The van der Waals surface area contributed by atoms with Crippen LogP contribution < -0.4 is 5.73 Å². The number of nitrogens with two attached hydrogens (primary N) is 1. The van der Waals surface area contributed by atoms with Crippen molar-refractivity contribution in [2.24, 2.45) is 10.8 Å². The summed E-state index contributed by atoms with van der Waals surface area (Å²) in [4.78, 5) is 16.9. The summed E-state index contributed by atoms with van der Waals surface area (Å²) < 4.78 is 4.54. The minimum absolute atomic E-state index is 0.121. The molecule has 4 atom stereocenters. The number of aromatic nitrogens is 1. The van der Waals surface area contributed by atoms with Gasteiger partial charge in [-0.25, -0.2) is 0 Å². The Hall–Kier alpha value is -2.27. The maximum atomic E-state index is 10.7. The zero-order valence-corrected chi connectivity index (χ0v) is 11.2. The second-order valence-corrected chi connectivity index (χ2v) is 4.18. The van der Waals surface area contributed by atoms with Crippen molar-refractivity contribution in [2.75, 3.05) is 6.61 Å². The Labute approximate surface area is 124 Å². The van der Waals surface area contributed by atoms with Gasteiger partial charge in [0.1, 0.15) is 18.3 Å². The number of primary amides is 1. The van der Waals surface area contributed by atoms with Gasteiger partial charge in [-0.05, 0) is 11.6 Å². The first kappa shape index (κ1) is 17.8. The molecule has 0 radical (unpaired) electrons. The van der Waals surface area contributed by atoms with Crippen molar-refractivity contribution in [3.63, 3.8) is 0 Å². The van der Waals surface area contributed by atoms with Gasteiger partial charge in [-0.15, -0.1) is 0 Å². The molecule has 2 rings (SSSR count). The highest BCUT2D eigenvalue weighted by Crippen LogP contribution is 2.18. The fraction of sp³-hybridized carbons (Fsp3) is 0.455. The number of pyridine rings is 1. The summed E-state index contributed by atoms with van der Waals surface area (Å²) in [6, 6.07) is 1.42. The molecule has 1 aromatic heterocycles. The molecule has 120 valence electrons. The predicted octanol–water partition coefficient (Wildman–Crippen LogP) is -1.46. The molecule has 1 aliphatic rings. The van der Waals surface area contributed by atoms with Crippen LogP contribution in [0.2, 0.25) is 0 Å². The highest BCUT2D eigenvalue weighted by Gasteiger charge is 2.41. The molecule has 1 unspecified atom stereocenters. The predicted molar refractivity (Wildman–Crippen MR) is 71.5 cm³/mol. The number of aliphatic hydroxyl groups is 4. The van der Waals surface area contributed by atoms with Crippen LogP contribution >= 0.6 is 0 Å². The lowest BCUT2D eigenvalue weighted by Gasteiger charge is -2.09. The van der Waals surface area contributed by atoms with Crippen LogP contribution in [-0.2, 0) is 4.74 Å². The van der Waals surface area contributed by atoms with Crippen molar-refractivity contribution in [2.45, 2.75) is 24.6 Å². The zero-order valence-electron chi connectivity index (χ0n) is 11.2. The van der Waals surface area contributed by atoms with Crippen molar-refractivity contribution >= 4 is 11.6 Å².